The topological polar surface area (TPSA) is 85.0 Å². The highest BCUT2D eigenvalue weighted by atomic mass is 35.5. The number of morpholine rings is 1. The molecule has 0 aliphatic carbocycles. The monoisotopic (exact) mass is 1230 g/mol. The average molecular weight is 1230 g/mol. The maximum atomic E-state index is 13.4. The van der Waals surface area contributed by atoms with Crippen molar-refractivity contribution in [3.8, 4) is 0 Å². The number of fused-ring (bicyclic) bond motifs is 3. The molecular weight excluding hydrogens is 1170 g/mol. The molecular formula is C62H65Cl5N6O4S3. The third-order valence-corrected chi connectivity index (χ3v) is 20.9. The number of ether oxygens (including phenoxy) is 1. The normalized spacial score (nSPS) is 16.5. The molecule has 3 aliphatic heterocycles. The molecule has 1 atom stereocenters. The van der Waals surface area contributed by atoms with Crippen molar-refractivity contribution in [2.45, 2.75) is 85.0 Å². The SMILES string of the molecule is Cc1c(C(=O)c2cccc(Cl)c2Cl)c2ccsc2n1CC1CCCCN1C.Cc1c(C(=O)c2cccc(Cl)c2Cl)c2ccsc2n1CCN1CCCCC1.Cc1c(C(=O)c2ccccc2Cl)c2ccsc2n1CCN1CCOCC1. The number of aromatic nitrogens is 3. The van der Waals surface area contributed by atoms with Gasteiger partial charge in [-0.1, -0.05) is 95.1 Å². The van der Waals surface area contributed by atoms with Gasteiger partial charge in [-0.2, -0.15) is 0 Å². The summed E-state index contributed by atoms with van der Waals surface area (Å²) in [6.07, 6.45) is 7.65. The Hall–Kier alpha value is -4.32. The minimum atomic E-state index is -0.0563. The molecule has 0 N–H and O–H groups in total. The van der Waals surface area contributed by atoms with Crippen molar-refractivity contribution in [3.63, 3.8) is 0 Å². The van der Waals surface area contributed by atoms with E-state index in [2.05, 4.69) is 51.6 Å². The number of hydrogen-bond acceptors (Lipinski definition) is 10. The van der Waals surface area contributed by atoms with Crippen LogP contribution in [-0.4, -0.2) is 118 Å². The summed E-state index contributed by atoms with van der Waals surface area (Å²) in [4.78, 5) is 50.7. The molecule has 3 aromatic carbocycles. The number of carbonyl (C=O) groups is 3. The largest absolute Gasteiger partial charge is 0.379 e. The first-order valence-corrected chi connectivity index (χ1v) is 31.9. The molecule has 0 spiro atoms. The predicted molar refractivity (Wildman–Crippen MR) is 336 cm³/mol. The van der Waals surface area contributed by atoms with Crippen LogP contribution in [0.15, 0.2) is 95.0 Å². The lowest BCUT2D eigenvalue weighted by atomic mass is 10.0. The number of rotatable bonds is 14. The molecule has 80 heavy (non-hydrogen) atoms. The Balaban J connectivity index is 0.000000135. The Kier molecular flexibility index (Phi) is 19.5. The summed E-state index contributed by atoms with van der Waals surface area (Å²) in [5, 5.41) is 11.2. The number of ketones is 3. The molecule has 10 nitrogen and oxygen atoms in total. The summed E-state index contributed by atoms with van der Waals surface area (Å²) in [7, 11) is 2.20. The summed E-state index contributed by atoms with van der Waals surface area (Å²) in [6, 6.07) is 24.4. The fourth-order valence-corrected chi connectivity index (χ4v) is 15.6. The Morgan fingerprint density at radius 1 is 0.487 bits per heavy atom. The number of thiophene rings is 3. The van der Waals surface area contributed by atoms with Crippen LogP contribution >= 0.6 is 92.0 Å². The molecule has 1 unspecified atom stereocenters. The van der Waals surface area contributed by atoms with Gasteiger partial charge in [0.25, 0.3) is 0 Å². The molecule has 0 bridgehead atoms. The minimum absolute atomic E-state index is 0.00150. The molecule has 0 saturated carbocycles. The Morgan fingerprint density at radius 2 is 0.912 bits per heavy atom. The molecule has 3 aliphatic rings. The number of halogens is 5. The fourth-order valence-electron chi connectivity index (χ4n) is 11.7. The first kappa shape index (κ1) is 58.9. The highest BCUT2D eigenvalue weighted by Gasteiger charge is 2.29. The van der Waals surface area contributed by atoms with Crippen LogP contribution in [0.25, 0.3) is 30.6 Å². The lowest BCUT2D eigenvalue weighted by Crippen LogP contribution is -2.39. The summed E-state index contributed by atoms with van der Waals surface area (Å²) in [6.45, 7) is 17.8. The molecule has 9 heterocycles. The van der Waals surface area contributed by atoms with Gasteiger partial charge >= 0.3 is 0 Å². The van der Waals surface area contributed by atoms with E-state index < -0.39 is 0 Å². The fraction of sp³-hybridized carbons (Fsp3) is 0.371. The van der Waals surface area contributed by atoms with Crippen molar-refractivity contribution in [1.82, 2.24) is 28.4 Å². The van der Waals surface area contributed by atoms with E-state index >= 15 is 0 Å². The number of nitrogens with zero attached hydrogens (tertiary/aromatic N) is 6. The Labute approximate surface area is 505 Å². The first-order valence-electron chi connectivity index (χ1n) is 27.4. The van der Waals surface area contributed by atoms with Gasteiger partial charge in [-0.3, -0.25) is 19.3 Å². The molecule has 0 amide bonds. The van der Waals surface area contributed by atoms with Gasteiger partial charge in [-0.25, -0.2) is 0 Å². The Bertz CT molecular complexity index is 3690. The van der Waals surface area contributed by atoms with Gasteiger partial charge in [-0.05, 0) is 144 Å². The molecule has 3 saturated heterocycles. The van der Waals surface area contributed by atoms with Gasteiger partial charge in [0.15, 0.2) is 17.3 Å². The van der Waals surface area contributed by atoms with Gasteiger partial charge in [-0.15, -0.1) is 34.0 Å². The van der Waals surface area contributed by atoms with Crippen molar-refractivity contribution in [1.29, 1.82) is 0 Å². The van der Waals surface area contributed by atoms with Crippen molar-refractivity contribution in [2.24, 2.45) is 0 Å². The van der Waals surface area contributed by atoms with E-state index in [1.807, 2.05) is 51.1 Å². The van der Waals surface area contributed by atoms with Gasteiger partial charge in [0.1, 0.15) is 14.5 Å². The zero-order chi connectivity index (χ0) is 56.2. The van der Waals surface area contributed by atoms with Crippen LogP contribution < -0.4 is 0 Å². The zero-order valence-corrected chi connectivity index (χ0v) is 51.7. The van der Waals surface area contributed by atoms with E-state index in [4.69, 9.17) is 62.7 Å². The van der Waals surface area contributed by atoms with E-state index in [0.717, 1.165) is 130 Å². The van der Waals surface area contributed by atoms with Crippen LogP contribution in [0.5, 0.6) is 0 Å². The van der Waals surface area contributed by atoms with Gasteiger partial charge in [0, 0.05) is 102 Å². The molecule has 0 radical (unpaired) electrons. The third-order valence-electron chi connectivity index (χ3n) is 16.1. The van der Waals surface area contributed by atoms with Crippen LogP contribution in [0, 0.1) is 20.8 Å². The number of likely N-dealkylation sites (tertiary alicyclic amines) is 2. The van der Waals surface area contributed by atoms with Crippen LogP contribution in [0.4, 0.5) is 0 Å². The third kappa shape index (κ3) is 12.3. The van der Waals surface area contributed by atoms with Gasteiger partial charge < -0.3 is 28.2 Å². The number of likely N-dealkylation sites (N-methyl/N-ethyl adjacent to an activating group) is 1. The van der Waals surface area contributed by atoms with Crippen molar-refractivity contribution in [3.05, 3.63) is 171 Å². The first-order chi connectivity index (χ1) is 38.7. The number of benzene rings is 3. The van der Waals surface area contributed by atoms with Crippen molar-refractivity contribution < 1.29 is 19.1 Å². The van der Waals surface area contributed by atoms with Crippen molar-refractivity contribution in [2.75, 3.05) is 66.1 Å². The van der Waals surface area contributed by atoms with Crippen LogP contribution in [0.1, 0.15) is 103 Å². The van der Waals surface area contributed by atoms with Gasteiger partial charge in [0.05, 0.1) is 55.0 Å². The smallest absolute Gasteiger partial charge is 0.197 e. The number of piperidine rings is 2. The molecule has 420 valence electrons. The van der Waals surface area contributed by atoms with E-state index in [1.54, 1.807) is 82.5 Å². The number of carbonyl (C=O) groups excluding carboxylic acids is 3. The molecule has 9 aromatic rings. The highest BCUT2D eigenvalue weighted by Crippen LogP contribution is 2.38. The second-order valence-electron chi connectivity index (χ2n) is 20.9. The van der Waals surface area contributed by atoms with Crippen LogP contribution in [-0.2, 0) is 24.4 Å². The van der Waals surface area contributed by atoms with Crippen molar-refractivity contribution >= 4 is 140 Å². The van der Waals surface area contributed by atoms with Crippen LogP contribution in [0.3, 0.4) is 0 Å². The minimum Gasteiger partial charge on any atom is -0.379 e. The van der Waals surface area contributed by atoms with Gasteiger partial charge in [0.2, 0.25) is 0 Å². The molecule has 18 heteroatoms. The predicted octanol–water partition coefficient (Wildman–Crippen LogP) is 16.3. The average Bonchev–Trinajstić information content (AvgIpc) is 4.38. The molecule has 12 rings (SSSR count). The van der Waals surface area contributed by atoms with Crippen LogP contribution in [0.2, 0.25) is 25.1 Å². The number of hydrogen-bond donors (Lipinski definition) is 0. The highest BCUT2D eigenvalue weighted by molar-refractivity contribution is 7.17. The quantitative estimate of drug-likeness (QED) is 0.100. The maximum absolute atomic E-state index is 13.4. The second-order valence-corrected chi connectivity index (χ2v) is 25.5. The lowest BCUT2D eigenvalue weighted by Gasteiger charge is -2.33. The second kappa shape index (κ2) is 26.5. The zero-order valence-electron chi connectivity index (χ0n) is 45.5. The van der Waals surface area contributed by atoms with E-state index in [-0.39, 0.29) is 17.3 Å². The van der Waals surface area contributed by atoms with E-state index in [9.17, 15) is 14.4 Å². The molecule has 3 fully saturated rings. The molecule has 6 aromatic heterocycles. The maximum Gasteiger partial charge on any atom is 0.197 e. The summed E-state index contributed by atoms with van der Waals surface area (Å²) < 4.78 is 12.3. The Morgan fingerprint density at radius 3 is 1.41 bits per heavy atom. The lowest BCUT2D eigenvalue weighted by molar-refractivity contribution is 0.0365. The summed E-state index contributed by atoms with van der Waals surface area (Å²) >= 11 is 36.3. The van der Waals surface area contributed by atoms with E-state index in [1.165, 1.54) is 51.6 Å². The summed E-state index contributed by atoms with van der Waals surface area (Å²) in [5.74, 6) is -0.110. The summed E-state index contributed by atoms with van der Waals surface area (Å²) in [5.41, 5.74) is 6.80. The standard InChI is InChI=1S/2C21H22Cl2N2OS.C20H21ClN2O2S/c1-13-18(20(26)16-7-5-8-17(22)19(16)23)15-9-11-27-21(15)25(13)12-14-6-3-4-10-24(14)2;1-14-18(20(26)16-6-5-7-17(22)19(16)23)15-8-13-27-21(15)25(14)12-11-24-9-3-2-4-10-24;1-14-18(19(24)15-4-2-3-5-17(15)21)16-6-13-26-20(16)23(14)8-7-22-9-11-25-12-10-22/h5,7-9,11,14H,3-4,6,10,12H2,1-2H3;5-8,13H,2-4,9-12H2,1H3;2-6,13H,7-12H2,1H3. The van der Waals surface area contributed by atoms with E-state index in [0.29, 0.717) is 47.8 Å².